The molecule has 1 N–H and O–H groups in total. The lowest BCUT2D eigenvalue weighted by atomic mass is 10.1. The van der Waals surface area contributed by atoms with Crippen molar-refractivity contribution in [3.05, 3.63) is 64.1 Å². The van der Waals surface area contributed by atoms with Gasteiger partial charge in [0.05, 0.1) is 0 Å². The standard InChI is InChI=1S/C18H22N2O2/c1-3-4-5-15-6-8-16(9-7-15)19-17(21)13-20-11-10-14(2)12-18(20)22/h6-12H,3-5,13H2,1-2H3,(H,19,21). The van der Waals surface area contributed by atoms with Crippen LogP contribution in [0.15, 0.2) is 47.4 Å². The van der Waals surface area contributed by atoms with E-state index in [2.05, 4.69) is 12.2 Å². The van der Waals surface area contributed by atoms with E-state index in [1.165, 1.54) is 29.0 Å². The lowest BCUT2D eigenvalue weighted by molar-refractivity contribution is -0.116. The van der Waals surface area contributed by atoms with Gasteiger partial charge in [-0.15, -0.1) is 0 Å². The predicted octanol–water partition coefficient (Wildman–Crippen LogP) is 3.14. The second-order valence-corrected chi connectivity index (χ2v) is 5.52. The Morgan fingerprint density at radius 1 is 1.18 bits per heavy atom. The number of aromatic nitrogens is 1. The van der Waals surface area contributed by atoms with Crippen LogP contribution in [0, 0.1) is 6.92 Å². The molecule has 4 nitrogen and oxygen atoms in total. The number of benzene rings is 1. The first-order valence-corrected chi connectivity index (χ1v) is 7.64. The zero-order valence-electron chi connectivity index (χ0n) is 13.1. The van der Waals surface area contributed by atoms with Gasteiger partial charge in [-0.2, -0.15) is 0 Å². The topological polar surface area (TPSA) is 51.1 Å². The third kappa shape index (κ3) is 4.58. The maximum absolute atomic E-state index is 12.0. The zero-order valence-corrected chi connectivity index (χ0v) is 13.1. The zero-order chi connectivity index (χ0) is 15.9. The number of hydrogen-bond acceptors (Lipinski definition) is 2. The minimum Gasteiger partial charge on any atom is -0.325 e. The minimum atomic E-state index is -0.202. The number of hydrogen-bond donors (Lipinski definition) is 1. The van der Waals surface area contributed by atoms with Crippen LogP contribution in [0.25, 0.3) is 0 Å². The Bertz CT molecular complexity index is 687. The van der Waals surface area contributed by atoms with Gasteiger partial charge in [-0.05, 0) is 49.1 Å². The van der Waals surface area contributed by atoms with Crippen molar-refractivity contribution >= 4 is 11.6 Å². The van der Waals surface area contributed by atoms with E-state index in [-0.39, 0.29) is 18.0 Å². The SMILES string of the molecule is CCCCc1ccc(NC(=O)Cn2ccc(C)cc2=O)cc1. The molecule has 0 spiro atoms. The molecule has 0 saturated carbocycles. The molecule has 0 unspecified atom stereocenters. The van der Waals surface area contributed by atoms with Gasteiger partial charge >= 0.3 is 0 Å². The molecule has 2 rings (SSSR count). The van der Waals surface area contributed by atoms with Gasteiger partial charge in [0, 0.05) is 18.0 Å². The van der Waals surface area contributed by atoms with Crippen LogP contribution in [0.2, 0.25) is 0 Å². The summed E-state index contributed by atoms with van der Waals surface area (Å²) in [4.78, 5) is 23.8. The molecule has 2 aromatic rings. The summed E-state index contributed by atoms with van der Waals surface area (Å²) >= 11 is 0. The second kappa shape index (κ2) is 7.59. The van der Waals surface area contributed by atoms with E-state index in [0.29, 0.717) is 0 Å². The van der Waals surface area contributed by atoms with Crippen molar-refractivity contribution in [2.45, 2.75) is 39.7 Å². The van der Waals surface area contributed by atoms with Gasteiger partial charge in [-0.25, -0.2) is 0 Å². The van der Waals surface area contributed by atoms with Gasteiger partial charge in [0.2, 0.25) is 5.91 Å². The number of nitrogens with one attached hydrogen (secondary N) is 1. The van der Waals surface area contributed by atoms with Crippen LogP contribution in [0.1, 0.15) is 30.9 Å². The van der Waals surface area contributed by atoms with Crippen LogP contribution < -0.4 is 10.9 Å². The Labute approximate surface area is 130 Å². The van der Waals surface area contributed by atoms with Crippen molar-refractivity contribution in [2.24, 2.45) is 0 Å². The number of nitrogens with zero attached hydrogens (tertiary/aromatic N) is 1. The van der Waals surface area contributed by atoms with E-state index in [0.717, 1.165) is 17.7 Å². The summed E-state index contributed by atoms with van der Waals surface area (Å²) in [5.74, 6) is -0.202. The van der Waals surface area contributed by atoms with Crippen LogP contribution in [0.5, 0.6) is 0 Å². The van der Waals surface area contributed by atoms with E-state index in [4.69, 9.17) is 0 Å². The molecular weight excluding hydrogens is 276 g/mol. The molecule has 0 aliphatic heterocycles. The average Bonchev–Trinajstić information content (AvgIpc) is 2.49. The molecule has 0 aliphatic carbocycles. The van der Waals surface area contributed by atoms with Crippen LogP contribution in [0.4, 0.5) is 5.69 Å². The molecule has 0 atom stereocenters. The fraction of sp³-hybridized carbons (Fsp3) is 0.333. The summed E-state index contributed by atoms with van der Waals surface area (Å²) < 4.78 is 1.40. The van der Waals surface area contributed by atoms with E-state index < -0.39 is 0 Å². The third-order valence-corrected chi connectivity index (χ3v) is 3.52. The summed E-state index contributed by atoms with van der Waals surface area (Å²) in [6.07, 6.45) is 5.04. The van der Waals surface area contributed by atoms with E-state index in [1.807, 2.05) is 37.3 Å². The molecular formula is C18H22N2O2. The summed E-state index contributed by atoms with van der Waals surface area (Å²) in [5, 5.41) is 2.82. The lowest BCUT2D eigenvalue weighted by Crippen LogP contribution is -2.26. The number of unbranched alkanes of at least 4 members (excludes halogenated alkanes) is 1. The predicted molar refractivity (Wildman–Crippen MR) is 89.1 cm³/mol. The molecule has 116 valence electrons. The van der Waals surface area contributed by atoms with Gasteiger partial charge in [0.15, 0.2) is 0 Å². The van der Waals surface area contributed by atoms with Gasteiger partial charge in [-0.3, -0.25) is 9.59 Å². The average molecular weight is 298 g/mol. The number of carbonyl (C=O) groups is 1. The molecule has 0 fully saturated rings. The molecule has 4 heteroatoms. The van der Waals surface area contributed by atoms with Crippen LogP contribution in [0.3, 0.4) is 0 Å². The normalized spacial score (nSPS) is 10.5. The van der Waals surface area contributed by atoms with Gasteiger partial charge in [0.1, 0.15) is 6.54 Å². The first-order valence-electron chi connectivity index (χ1n) is 7.64. The van der Waals surface area contributed by atoms with E-state index >= 15 is 0 Å². The second-order valence-electron chi connectivity index (χ2n) is 5.52. The molecule has 0 aliphatic rings. The fourth-order valence-electron chi connectivity index (χ4n) is 2.23. The molecule has 1 heterocycles. The minimum absolute atomic E-state index is 0.0245. The Hall–Kier alpha value is -2.36. The van der Waals surface area contributed by atoms with Crippen molar-refractivity contribution in [2.75, 3.05) is 5.32 Å². The van der Waals surface area contributed by atoms with Crippen molar-refractivity contribution in [3.63, 3.8) is 0 Å². The van der Waals surface area contributed by atoms with Crippen molar-refractivity contribution < 1.29 is 4.79 Å². The highest BCUT2D eigenvalue weighted by Gasteiger charge is 2.05. The monoisotopic (exact) mass is 298 g/mol. The molecule has 1 aromatic heterocycles. The molecule has 0 saturated heterocycles. The number of amides is 1. The Balaban J connectivity index is 1.95. The van der Waals surface area contributed by atoms with Crippen molar-refractivity contribution in [1.82, 2.24) is 4.57 Å². The number of pyridine rings is 1. The lowest BCUT2D eigenvalue weighted by Gasteiger charge is -2.08. The maximum atomic E-state index is 12.0. The van der Waals surface area contributed by atoms with Gasteiger partial charge in [-0.1, -0.05) is 25.5 Å². The molecule has 0 radical (unpaired) electrons. The summed E-state index contributed by atoms with van der Waals surface area (Å²) in [6, 6.07) is 11.2. The first kappa shape index (κ1) is 16.0. The largest absolute Gasteiger partial charge is 0.325 e. The van der Waals surface area contributed by atoms with Crippen LogP contribution in [-0.2, 0) is 17.8 Å². The number of rotatable bonds is 6. The number of carbonyl (C=O) groups excluding carboxylic acids is 1. The van der Waals surface area contributed by atoms with E-state index in [1.54, 1.807) is 6.20 Å². The van der Waals surface area contributed by atoms with Crippen LogP contribution in [-0.4, -0.2) is 10.5 Å². The molecule has 1 aromatic carbocycles. The maximum Gasteiger partial charge on any atom is 0.251 e. The third-order valence-electron chi connectivity index (χ3n) is 3.52. The molecule has 1 amide bonds. The Kier molecular flexibility index (Phi) is 5.53. The highest BCUT2D eigenvalue weighted by Crippen LogP contribution is 2.11. The Morgan fingerprint density at radius 2 is 1.91 bits per heavy atom. The quantitative estimate of drug-likeness (QED) is 0.890. The summed E-state index contributed by atoms with van der Waals surface area (Å²) in [7, 11) is 0. The van der Waals surface area contributed by atoms with Crippen molar-refractivity contribution in [3.8, 4) is 0 Å². The highest BCUT2D eigenvalue weighted by molar-refractivity contribution is 5.90. The molecule has 22 heavy (non-hydrogen) atoms. The fourth-order valence-corrected chi connectivity index (χ4v) is 2.23. The smallest absolute Gasteiger partial charge is 0.251 e. The van der Waals surface area contributed by atoms with Gasteiger partial charge in [0.25, 0.3) is 5.56 Å². The van der Waals surface area contributed by atoms with Gasteiger partial charge < -0.3 is 9.88 Å². The molecule has 0 bridgehead atoms. The van der Waals surface area contributed by atoms with Crippen molar-refractivity contribution in [1.29, 1.82) is 0 Å². The first-order chi connectivity index (χ1) is 10.6. The van der Waals surface area contributed by atoms with Crippen LogP contribution >= 0.6 is 0 Å². The van der Waals surface area contributed by atoms with E-state index in [9.17, 15) is 9.59 Å². The summed E-state index contributed by atoms with van der Waals surface area (Å²) in [5.41, 5.74) is 2.76. The number of anilines is 1. The highest BCUT2D eigenvalue weighted by atomic mass is 16.2. The number of aryl methyl sites for hydroxylation is 2. The Morgan fingerprint density at radius 3 is 2.55 bits per heavy atom. The summed E-state index contributed by atoms with van der Waals surface area (Å²) in [6.45, 7) is 4.05.